The molecule has 0 bridgehead atoms. The maximum atomic E-state index is 6.26. The second-order valence-electron chi connectivity index (χ2n) is 12.9. The summed E-state index contributed by atoms with van der Waals surface area (Å²) in [7, 11) is 0. The zero-order valence-corrected chi connectivity index (χ0v) is 27.5. The third-order valence-electron chi connectivity index (χ3n) is 9.68. The van der Waals surface area contributed by atoms with Gasteiger partial charge in [0.15, 0.2) is 17.5 Å². The largest absolute Gasteiger partial charge is 0.456 e. The van der Waals surface area contributed by atoms with Gasteiger partial charge in [0, 0.05) is 27.5 Å². The number of nitrogens with zero attached hydrogens (tertiary/aromatic N) is 3. The molecular formula is C47H29N3O. The number of hydrogen-bond donors (Lipinski definition) is 0. The highest BCUT2D eigenvalue weighted by molar-refractivity contribution is 6.05. The van der Waals surface area contributed by atoms with Gasteiger partial charge in [-0.15, -0.1) is 0 Å². The highest BCUT2D eigenvalue weighted by atomic mass is 16.3. The van der Waals surface area contributed by atoms with Gasteiger partial charge in [0.25, 0.3) is 0 Å². The van der Waals surface area contributed by atoms with Crippen LogP contribution in [0.2, 0.25) is 0 Å². The van der Waals surface area contributed by atoms with E-state index < -0.39 is 0 Å². The number of benzene rings is 8. The van der Waals surface area contributed by atoms with Gasteiger partial charge in [0.05, 0.1) is 0 Å². The van der Waals surface area contributed by atoms with Gasteiger partial charge in [0.2, 0.25) is 0 Å². The first kappa shape index (κ1) is 29.0. The molecule has 10 aromatic rings. The molecule has 10 rings (SSSR count). The van der Waals surface area contributed by atoms with E-state index in [1.165, 1.54) is 21.9 Å². The van der Waals surface area contributed by atoms with E-state index in [-0.39, 0.29) is 0 Å². The summed E-state index contributed by atoms with van der Waals surface area (Å²) in [4.78, 5) is 15.3. The van der Waals surface area contributed by atoms with Crippen molar-refractivity contribution in [3.05, 3.63) is 176 Å². The lowest BCUT2D eigenvalue weighted by Gasteiger charge is -2.11. The van der Waals surface area contributed by atoms with Crippen LogP contribution >= 0.6 is 0 Å². The van der Waals surface area contributed by atoms with Gasteiger partial charge in [-0.05, 0) is 86.3 Å². The fourth-order valence-corrected chi connectivity index (χ4v) is 7.03. The molecule has 2 heterocycles. The minimum absolute atomic E-state index is 0.590. The molecule has 0 aliphatic heterocycles. The van der Waals surface area contributed by atoms with E-state index in [2.05, 4.69) is 146 Å². The summed E-state index contributed by atoms with van der Waals surface area (Å²) in [6.45, 7) is 0. The standard InChI is InChI=1S/C47H29N3O/c1-2-9-30(10-3-1)34-13-8-14-37(26-34)45-48-46(50-47(49-45)39-23-24-42-41-15-6-7-16-43(41)51-44(42)29-39)38-22-19-32-18-21-36(27-40(32)28-38)35-20-17-31-11-4-5-12-33(31)25-35/h1-29H. The van der Waals surface area contributed by atoms with Crippen molar-refractivity contribution in [2.75, 3.05) is 0 Å². The van der Waals surface area contributed by atoms with Crippen LogP contribution in [0.1, 0.15) is 0 Å². The zero-order chi connectivity index (χ0) is 33.7. The molecule has 0 amide bonds. The van der Waals surface area contributed by atoms with Crippen molar-refractivity contribution in [2.45, 2.75) is 0 Å². The lowest BCUT2D eigenvalue weighted by Crippen LogP contribution is -2.00. The minimum Gasteiger partial charge on any atom is -0.456 e. The second kappa shape index (κ2) is 11.9. The van der Waals surface area contributed by atoms with E-state index in [0.29, 0.717) is 17.5 Å². The van der Waals surface area contributed by atoms with Crippen LogP contribution in [-0.4, -0.2) is 15.0 Å². The average molecular weight is 652 g/mol. The fourth-order valence-electron chi connectivity index (χ4n) is 7.03. The Kier molecular flexibility index (Phi) is 6.78. The molecule has 0 radical (unpaired) electrons. The number of hydrogen-bond acceptors (Lipinski definition) is 4. The Morgan fingerprint density at radius 3 is 1.55 bits per heavy atom. The van der Waals surface area contributed by atoms with Crippen molar-refractivity contribution in [3.8, 4) is 56.4 Å². The van der Waals surface area contributed by atoms with E-state index in [1.54, 1.807) is 0 Å². The first-order valence-electron chi connectivity index (χ1n) is 17.1. The lowest BCUT2D eigenvalue weighted by atomic mass is 9.98. The van der Waals surface area contributed by atoms with Gasteiger partial charge < -0.3 is 4.42 Å². The lowest BCUT2D eigenvalue weighted by molar-refractivity contribution is 0.669. The number of rotatable bonds is 5. The van der Waals surface area contributed by atoms with Gasteiger partial charge in [0.1, 0.15) is 11.2 Å². The Labute approximate surface area is 294 Å². The van der Waals surface area contributed by atoms with Crippen molar-refractivity contribution in [2.24, 2.45) is 0 Å². The van der Waals surface area contributed by atoms with Crippen LogP contribution in [0, 0.1) is 0 Å². The first-order chi connectivity index (χ1) is 25.2. The topological polar surface area (TPSA) is 51.8 Å². The quantitative estimate of drug-likeness (QED) is 0.186. The van der Waals surface area contributed by atoms with Crippen LogP contribution < -0.4 is 0 Å². The molecule has 0 spiro atoms. The molecule has 0 fully saturated rings. The van der Waals surface area contributed by atoms with Gasteiger partial charge >= 0.3 is 0 Å². The van der Waals surface area contributed by atoms with Crippen molar-refractivity contribution < 1.29 is 4.42 Å². The van der Waals surface area contributed by atoms with Crippen molar-refractivity contribution in [1.29, 1.82) is 0 Å². The van der Waals surface area contributed by atoms with E-state index in [0.717, 1.165) is 60.5 Å². The summed E-state index contributed by atoms with van der Waals surface area (Å²) in [5.41, 5.74) is 8.97. The fraction of sp³-hybridized carbons (Fsp3) is 0. The minimum atomic E-state index is 0.590. The number of aromatic nitrogens is 3. The van der Waals surface area contributed by atoms with E-state index in [9.17, 15) is 0 Å². The van der Waals surface area contributed by atoms with Gasteiger partial charge in [-0.25, -0.2) is 15.0 Å². The molecular weight excluding hydrogens is 623 g/mol. The SMILES string of the molecule is c1ccc(-c2cccc(-c3nc(-c4ccc5ccc(-c6ccc7ccccc7c6)cc5c4)nc(-c4ccc5c(c4)oc4ccccc45)n3)c2)cc1. The maximum Gasteiger partial charge on any atom is 0.164 e. The van der Waals surface area contributed by atoms with Gasteiger partial charge in [-0.1, -0.05) is 133 Å². The monoisotopic (exact) mass is 651 g/mol. The summed E-state index contributed by atoms with van der Waals surface area (Å²) in [5, 5.41) is 6.90. The van der Waals surface area contributed by atoms with Crippen LogP contribution in [0.5, 0.6) is 0 Å². The third kappa shape index (κ3) is 5.31. The Bertz CT molecular complexity index is 2930. The molecule has 0 aliphatic carbocycles. The number of fused-ring (bicyclic) bond motifs is 5. The summed E-state index contributed by atoms with van der Waals surface area (Å²) in [5.74, 6) is 1.82. The molecule has 238 valence electrons. The predicted octanol–water partition coefficient (Wildman–Crippen LogP) is 12.4. The number of furan rings is 1. The molecule has 0 unspecified atom stereocenters. The zero-order valence-electron chi connectivity index (χ0n) is 27.5. The van der Waals surface area contributed by atoms with Crippen LogP contribution in [0.15, 0.2) is 180 Å². The van der Waals surface area contributed by atoms with Crippen molar-refractivity contribution in [1.82, 2.24) is 15.0 Å². The van der Waals surface area contributed by atoms with Crippen LogP contribution in [0.25, 0.3) is 99.9 Å². The second-order valence-corrected chi connectivity index (χ2v) is 12.9. The summed E-state index contributed by atoms with van der Waals surface area (Å²) in [6.07, 6.45) is 0. The molecule has 0 atom stereocenters. The maximum absolute atomic E-state index is 6.26. The highest BCUT2D eigenvalue weighted by Crippen LogP contribution is 2.34. The van der Waals surface area contributed by atoms with E-state index in [4.69, 9.17) is 19.4 Å². The Morgan fingerprint density at radius 2 is 0.765 bits per heavy atom. The molecule has 0 saturated carbocycles. The molecule has 4 heteroatoms. The van der Waals surface area contributed by atoms with Gasteiger partial charge in [-0.3, -0.25) is 0 Å². The van der Waals surface area contributed by atoms with E-state index >= 15 is 0 Å². The normalized spacial score (nSPS) is 11.5. The smallest absolute Gasteiger partial charge is 0.164 e. The summed E-state index contributed by atoms with van der Waals surface area (Å²) in [6, 6.07) is 61.3. The molecule has 2 aromatic heterocycles. The molecule has 51 heavy (non-hydrogen) atoms. The van der Waals surface area contributed by atoms with Crippen LogP contribution in [0.4, 0.5) is 0 Å². The molecule has 0 N–H and O–H groups in total. The van der Waals surface area contributed by atoms with E-state index in [1.807, 2.05) is 30.3 Å². The molecule has 0 aliphatic rings. The Balaban J connectivity index is 1.12. The predicted molar refractivity (Wildman–Crippen MR) is 209 cm³/mol. The van der Waals surface area contributed by atoms with Gasteiger partial charge in [-0.2, -0.15) is 0 Å². The average Bonchev–Trinajstić information content (AvgIpc) is 3.58. The van der Waals surface area contributed by atoms with Crippen LogP contribution in [0.3, 0.4) is 0 Å². The molecule has 0 saturated heterocycles. The molecule has 8 aromatic carbocycles. The number of para-hydroxylation sites is 1. The highest BCUT2D eigenvalue weighted by Gasteiger charge is 2.16. The summed E-state index contributed by atoms with van der Waals surface area (Å²) < 4.78 is 6.26. The van der Waals surface area contributed by atoms with Crippen LogP contribution in [-0.2, 0) is 0 Å². The van der Waals surface area contributed by atoms with Crippen molar-refractivity contribution in [3.63, 3.8) is 0 Å². The Hall–Kier alpha value is -6.91. The Morgan fingerprint density at radius 1 is 0.275 bits per heavy atom. The van der Waals surface area contributed by atoms with Crippen molar-refractivity contribution >= 4 is 43.5 Å². The third-order valence-corrected chi connectivity index (χ3v) is 9.68. The first-order valence-corrected chi connectivity index (χ1v) is 17.1. The summed E-state index contributed by atoms with van der Waals surface area (Å²) >= 11 is 0. The molecule has 4 nitrogen and oxygen atoms in total.